The van der Waals surface area contributed by atoms with Crippen LogP contribution in [0.1, 0.15) is 6.42 Å². The zero-order chi connectivity index (χ0) is 13.4. The molecule has 1 saturated heterocycles. The number of carbonyl (C=O) groups is 2. The van der Waals surface area contributed by atoms with Crippen LogP contribution >= 0.6 is 0 Å². The summed E-state index contributed by atoms with van der Waals surface area (Å²) in [6, 6.07) is 0.946. The highest BCUT2D eigenvalue weighted by Crippen LogP contribution is 2.28. The van der Waals surface area contributed by atoms with Crippen molar-refractivity contribution in [1.82, 2.24) is 0 Å². The minimum absolute atomic E-state index is 0.129. The van der Waals surface area contributed by atoms with Crippen LogP contribution in [0.4, 0.5) is 18.9 Å². The van der Waals surface area contributed by atoms with Gasteiger partial charge >= 0.3 is 0 Å². The number of anilines is 1. The van der Waals surface area contributed by atoms with Gasteiger partial charge in [-0.25, -0.2) is 13.2 Å². The summed E-state index contributed by atoms with van der Waals surface area (Å²) in [5.41, 5.74) is 4.66. The molecule has 0 bridgehead atoms. The van der Waals surface area contributed by atoms with Crippen LogP contribution < -0.4 is 10.6 Å². The Morgan fingerprint density at radius 3 is 2.39 bits per heavy atom. The third-order valence-corrected chi connectivity index (χ3v) is 2.81. The summed E-state index contributed by atoms with van der Waals surface area (Å²) >= 11 is 0. The molecule has 1 aromatic rings. The molecular weight excluding hydrogens is 249 g/mol. The van der Waals surface area contributed by atoms with Crippen LogP contribution in [0, 0.1) is 23.4 Å². The highest BCUT2D eigenvalue weighted by molar-refractivity contribution is 6.00. The van der Waals surface area contributed by atoms with Crippen molar-refractivity contribution >= 4 is 17.5 Å². The molecule has 1 aliphatic heterocycles. The quantitative estimate of drug-likeness (QED) is 0.802. The Hall–Kier alpha value is -2.05. The van der Waals surface area contributed by atoms with Gasteiger partial charge in [0.15, 0.2) is 11.6 Å². The van der Waals surface area contributed by atoms with Crippen molar-refractivity contribution in [2.75, 3.05) is 11.4 Å². The predicted octanol–water partition coefficient (Wildman–Crippen LogP) is 0.942. The van der Waals surface area contributed by atoms with Gasteiger partial charge < -0.3 is 10.6 Å². The highest BCUT2D eigenvalue weighted by Gasteiger charge is 2.35. The maximum Gasteiger partial charge on any atom is 0.227 e. The molecule has 7 heteroatoms. The van der Waals surface area contributed by atoms with Crippen LogP contribution in [0.25, 0.3) is 0 Å². The summed E-state index contributed by atoms with van der Waals surface area (Å²) in [4.78, 5) is 23.4. The van der Waals surface area contributed by atoms with Crippen LogP contribution in [-0.2, 0) is 9.59 Å². The first-order valence-corrected chi connectivity index (χ1v) is 5.14. The molecule has 18 heavy (non-hydrogen) atoms. The zero-order valence-electron chi connectivity index (χ0n) is 9.12. The van der Waals surface area contributed by atoms with Gasteiger partial charge in [-0.3, -0.25) is 9.59 Å². The number of nitrogens with zero attached hydrogens (tertiary/aromatic N) is 1. The number of halogens is 3. The summed E-state index contributed by atoms with van der Waals surface area (Å²) < 4.78 is 39.2. The molecule has 2 rings (SSSR count). The van der Waals surface area contributed by atoms with Crippen molar-refractivity contribution < 1.29 is 22.8 Å². The van der Waals surface area contributed by atoms with Gasteiger partial charge in [-0.1, -0.05) is 0 Å². The van der Waals surface area contributed by atoms with Crippen molar-refractivity contribution in [3.63, 3.8) is 0 Å². The average molecular weight is 258 g/mol. The SMILES string of the molecule is NC(=O)C1CC(=O)N(c2cc(F)c(F)cc2F)C1. The summed E-state index contributed by atoms with van der Waals surface area (Å²) in [6.07, 6.45) is -0.159. The minimum atomic E-state index is -1.34. The summed E-state index contributed by atoms with van der Waals surface area (Å²) in [6.45, 7) is -0.129. The van der Waals surface area contributed by atoms with E-state index in [-0.39, 0.29) is 18.7 Å². The first-order chi connectivity index (χ1) is 8.40. The predicted molar refractivity (Wildman–Crippen MR) is 56.0 cm³/mol. The van der Waals surface area contributed by atoms with Crippen LogP contribution in [0.5, 0.6) is 0 Å². The van der Waals surface area contributed by atoms with E-state index in [4.69, 9.17) is 5.73 Å². The van der Waals surface area contributed by atoms with E-state index in [1.165, 1.54) is 0 Å². The molecule has 0 spiro atoms. The first kappa shape index (κ1) is 12.4. The average Bonchev–Trinajstić information content (AvgIpc) is 2.66. The van der Waals surface area contributed by atoms with Gasteiger partial charge in [0.25, 0.3) is 0 Å². The highest BCUT2D eigenvalue weighted by atomic mass is 19.2. The van der Waals surface area contributed by atoms with Gasteiger partial charge in [-0.2, -0.15) is 0 Å². The van der Waals surface area contributed by atoms with E-state index in [0.717, 1.165) is 4.90 Å². The normalized spacial score (nSPS) is 19.4. The third-order valence-electron chi connectivity index (χ3n) is 2.81. The molecule has 4 nitrogen and oxygen atoms in total. The van der Waals surface area contributed by atoms with Gasteiger partial charge in [-0.05, 0) is 0 Å². The lowest BCUT2D eigenvalue weighted by Crippen LogP contribution is -2.29. The zero-order valence-corrected chi connectivity index (χ0v) is 9.12. The Labute approximate surface area is 100 Å². The molecule has 0 radical (unpaired) electrons. The van der Waals surface area contributed by atoms with Crippen molar-refractivity contribution in [2.45, 2.75) is 6.42 Å². The minimum Gasteiger partial charge on any atom is -0.369 e. The summed E-state index contributed by atoms with van der Waals surface area (Å²) in [5.74, 6) is -5.65. The number of primary amides is 1. The van der Waals surface area contributed by atoms with E-state index in [2.05, 4.69) is 0 Å². The lowest BCUT2D eigenvalue weighted by Gasteiger charge is -2.17. The fourth-order valence-electron chi connectivity index (χ4n) is 1.85. The van der Waals surface area contributed by atoms with Crippen molar-refractivity contribution in [1.29, 1.82) is 0 Å². The molecule has 0 aliphatic carbocycles. The van der Waals surface area contributed by atoms with Gasteiger partial charge in [0, 0.05) is 25.1 Å². The summed E-state index contributed by atoms with van der Waals surface area (Å²) in [5, 5.41) is 0. The van der Waals surface area contributed by atoms with Crippen LogP contribution in [-0.4, -0.2) is 18.4 Å². The van der Waals surface area contributed by atoms with E-state index in [1.807, 2.05) is 0 Å². The molecule has 0 aromatic heterocycles. The van der Waals surface area contributed by atoms with E-state index in [9.17, 15) is 22.8 Å². The third kappa shape index (κ3) is 2.03. The van der Waals surface area contributed by atoms with Crippen LogP contribution in [0.2, 0.25) is 0 Å². The number of hydrogen-bond acceptors (Lipinski definition) is 2. The van der Waals surface area contributed by atoms with E-state index in [0.29, 0.717) is 12.1 Å². The largest absolute Gasteiger partial charge is 0.369 e. The van der Waals surface area contributed by atoms with Crippen molar-refractivity contribution in [2.24, 2.45) is 11.7 Å². The molecule has 1 aromatic carbocycles. The molecule has 1 heterocycles. The second-order valence-electron chi connectivity index (χ2n) is 4.03. The second kappa shape index (κ2) is 4.32. The lowest BCUT2D eigenvalue weighted by molar-refractivity contribution is -0.123. The Morgan fingerprint density at radius 2 is 1.83 bits per heavy atom. The van der Waals surface area contributed by atoms with E-state index < -0.39 is 35.2 Å². The number of nitrogens with two attached hydrogens (primary N) is 1. The topological polar surface area (TPSA) is 63.4 Å². The molecule has 2 amide bonds. The molecule has 1 fully saturated rings. The van der Waals surface area contributed by atoms with Gasteiger partial charge in [0.05, 0.1) is 11.6 Å². The monoisotopic (exact) mass is 258 g/mol. The summed E-state index contributed by atoms with van der Waals surface area (Å²) in [7, 11) is 0. The number of rotatable bonds is 2. The van der Waals surface area contributed by atoms with Gasteiger partial charge in [0.2, 0.25) is 11.8 Å². The molecular formula is C11H9F3N2O2. The maximum absolute atomic E-state index is 13.5. The Balaban J connectivity index is 2.35. The fourth-order valence-corrected chi connectivity index (χ4v) is 1.85. The Bertz CT molecular complexity index is 533. The first-order valence-electron chi connectivity index (χ1n) is 5.14. The fraction of sp³-hybridized carbons (Fsp3) is 0.273. The number of amides is 2. The van der Waals surface area contributed by atoms with E-state index in [1.54, 1.807) is 0 Å². The number of benzene rings is 1. The van der Waals surface area contributed by atoms with Crippen molar-refractivity contribution in [3.05, 3.63) is 29.6 Å². The van der Waals surface area contributed by atoms with Crippen molar-refractivity contribution in [3.8, 4) is 0 Å². The number of hydrogen-bond donors (Lipinski definition) is 1. The standard InChI is InChI=1S/C11H9F3N2O2/c12-6-2-8(14)9(3-7(6)13)16-4-5(11(15)18)1-10(16)17/h2-3,5H,1,4H2,(H2,15,18). The van der Waals surface area contributed by atoms with Crippen LogP contribution in [0.15, 0.2) is 12.1 Å². The molecule has 96 valence electrons. The van der Waals surface area contributed by atoms with Gasteiger partial charge in [-0.15, -0.1) is 0 Å². The molecule has 2 N–H and O–H groups in total. The smallest absolute Gasteiger partial charge is 0.227 e. The second-order valence-corrected chi connectivity index (χ2v) is 4.03. The van der Waals surface area contributed by atoms with Gasteiger partial charge in [0.1, 0.15) is 5.82 Å². The molecule has 1 unspecified atom stereocenters. The number of carbonyl (C=O) groups excluding carboxylic acids is 2. The molecule has 1 aliphatic rings. The Kier molecular flexibility index (Phi) is 2.98. The molecule has 0 saturated carbocycles. The Morgan fingerprint density at radius 1 is 1.22 bits per heavy atom. The van der Waals surface area contributed by atoms with Crippen LogP contribution in [0.3, 0.4) is 0 Å². The lowest BCUT2D eigenvalue weighted by atomic mass is 10.1. The molecule has 1 atom stereocenters. The van der Waals surface area contributed by atoms with E-state index >= 15 is 0 Å². The maximum atomic E-state index is 13.5.